The zero-order valence-corrected chi connectivity index (χ0v) is 9.94. The lowest BCUT2D eigenvalue weighted by Gasteiger charge is -2.07. The van der Waals surface area contributed by atoms with Crippen molar-refractivity contribution >= 4 is 26.0 Å². The molecule has 0 spiro atoms. The Morgan fingerprint density at radius 3 is 2.47 bits per heavy atom. The third-order valence-corrected chi connectivity index (χ3v) is 3.37. The normalized spacial score (nSPS) is 12.1. The number of alkyl halides is 2. The molecule has 1 rings (SSSR count). The quantitative estimate of drug-likeness (QED) is 0.904. The fraction of sp³-hybridized carbons (Fsp3) is 0.286. The molecule has 0 unspecified atom stereocenters. The van der Waals surface area contributed by atoms with Gasteiger partial charge in [-0.05, 0) is 34.5 Å². The van der Waals surface area contributed by atoms with Gasteiger partial charge in [-0.15, -0.1) is 0 Å². The molecule has 0 saturated heterocycles. The lowest BCUT2D eigenvalue weighted by Crippen LogP contribution is -2.16. The van der Waals surface area contributed by atoms with Crippen LogP contribution < -0.4 is 5.14 Å². The van der Waals surface area contributed by atoms with Crippen molar-refractivity contribution in [2.24, 2.45) is 5.14 Å². The maximum Gasteiger partial charge on any atom is 0.280 e. The first-order chi connectivity index (χ1) is 6.73. The predicted molar refractivity (Wildman–Crippen MR) is 53.0 cm³/mol. The molecule has 0 aliphatic heterocycles. The summed E-state index contributed by atoms with van der Waals surface area (Å²) in [6.07, 6.45) is -2.83. The summed E-state index contributed by atoms with van der Waals surface area (Å²) < 4.78 is 46.9. The van der Waals surface area contributed by atoms with Crippen LogP contribution in [0.1, 0.15) is 17.7 Å². The Morgan fingerprint density at radius 2 is 2.07 bits per heavy atom. The van der Waals surface area contributed by atoms with Crippen LogP contribution in [-0.4, -0.2) is 13.4 Å². The number of nitrogens with zero attached hydrogens (tertiary/aromatic N) is 1. The van der Waals surface area contributed by atoms with Crippen molar-refractivity contribution in [3.05, 3.63) is 21.8 Å². The number of sulfonamides is 1. The Labute approximate surface area is 93.7 Å². The second-order valence-electron chi connectivity index (χ2n) is 2.82. The monoisotopic (exact) mass is 300 g/mol. The number of aromatic nitrogens is 1. The minimum Gasteiger partial charge on any atom is -0.233 e. The second kappa shape index (κ2) is 4.11. The fourth-order valence-corrected chi connectivity index (χ4v) is 2.66. The summed E-state index contributed by atoms with van der Waals surface area (Å²) in [6, 6.07) is 1.24. The molecule has 0 atom stereocenters. The van der Waals surface area contributed by atoms with Crippen LogP contribution in [-0.2, 0) is 10.0 Å². The predicted octanol–water partition coefficient (Wildman–Crippen LogP) is 1.74. The van der Waals surface area contributed by atoms with Crippen LogP contribution in [0, 0.1) is 6.92 Å². The topological polar surface area (TPSA) is 73.1 Å². The highest BCUT2D eigenvalue weighted by Crippen LogP contribution is 2.27. The number of hydrogen-bond donors (Lipinski definition) is 1. The number of nitrogens with two attached hydrogens (primary N) is 1. The highest BCUT2D eigenvalue weighted by Gasteiger charge is 2.21. The van der Waals surface area contributed by atoms with E-state index >= 15 is 0 Å². The standard InChI is InChI=1S/C7H7BrF2N2O2S/c1-3-2-4(8)7(15(11,13)14)12-5(3)6(9)10/h2,6H,1H3,(H2,11,13,14). The summed E-state index contributed by atoms with van der Waals surface area (Å²) in [5.74, 6) is 0. The molecule has 0 aliphatic carbocycles. The van der Waals surface area contributed by atoms with Gasteiger partial charge in [-0.1, -0.05) is 0 Å². The van der Waals surface area contributed by atoms with E-state index < -0.39 is 27.2 Å². The van der Waals surface area contributed by atoms with Crippen molar-refractivity contribution in [1.29, 1.82) is 0 Å². The van der Waals surface area contributed by atoms with E-state index in [4.69, 9.17) is 5.14 Å². The van der Waals surface area contributed by atoms with E-state index in [1.807, 2.05) is 0 Å². The van der Waals surface area contributed by atoms with Gasteiger partial charge in [0.2, 0.25) is 0 Å². The molecule has 0 fully saturated rings. The number of hydrogen-bond acceptors (Lipinski definition) is 3. The Morgan fingerprint density at radius 1 is 1.53 bits per heavy atom. The van der Waals surface area contributed by atoms with Crippen LogP contribution in [0.3, 0.4) is 0 Å². The maximum atomic E-state index is 12.4. The Balaban J connectivity index is 3.50. The van der Waals surface area contributed by atoms with Gasteiger partial charge in [0.25, 0.3) is 16.4 Å². The maximum absolute atomic E-state index is 12.4. The van der Waals surface area contributed by atoms with Crippen molar-refractivity contribution in [3.8, 4) is 0 Å². The second-order valence-corrected chi connectivity index (χ2v) is 5.15. The summed E-state index contributed by atoms with van der Waals surface area (Å²) in [4.78, 5) is 3.33. The minimum absolute atomic E-state index is 0.0758. The fourth-order valence-electron chi connectivity index (χ4n) is 0.997. The summed E-state index contributed by atoms with van der Waals surface area (Å²) in [6.45, 7) is 1.41. The lowest BCUT2D eigenvalue weighted by molar-refractivity contribution is 0.144. The number of halogens is 3. The molecule has 4 nitrogen and oxygen atoms in total. The van der Waals surface area contributed by atoms with Crippen molar-refractivity contribution in [2.75, 3.05) is 0 Å². The van der Waals surface area contributed by atoms with Gasteiger partial charge in [0.15, 0.2) is 5.03 Å². The molecule has 0 aliphatic rings. The van der Waals surface area contributed by atoms with E-state index in [9.17, 15) is 17.2 Å². The van der Waals surface area contributed by atoms with Crippen LogP contribution in [0.25, 0.3) is 0 Å². The summed E-state index contributed by atoms with van der Waals surface area (Å²) in [7, 11) is -4.10. The first kappa shape index (κ1) is 12.5. The lowest BCUT2D eigenvalue weighted by atomic mass is 10.2. The van der Waals surface area contributed by atoms with E-state index in [0.29, 0.717) is 0 Å². The smallest absolute Gasteiger partial charge is 0.233 e. The molecule has 0 bridgehead atoms. The van der Waals surface area contributed by atoms with Gasteiger partial charge in [0.1, 0.15) is 5.69 Å². The van der Waals surface area contributed by atoms with Crippen LogP contribution >= 0.6 is 15.9 Å². The molecule has 84 valence electrons. The zero-order valence-electron chi connectivity index (χ0n) is 7.54. The molecule has 1 aromatic rings. The van der Waals surface area contributed by atoms with Crippen molar-refractivity contribution in [2.45, 2.75) is 18.4 Å². The largest absolute Gasteiger partial charge is 0.280 e. The van der Waals surface area contributed by atoms with E-state index in [1.165, 1.54) is 13.0 Å². The molecule has 1 heterocycles. The molecule has 8 heteroatoms. The summed E-state index contributed by atoms with van der Waals surface area (Å²) in [5.41, 5.74) is -0.383. The number of aryl methyl sites for hydroxylation is 1. The van der Waals surface area contributed by atoms with Crippen molar-refractivity contribution < 1.29 is 17.2 Å². The van der Waals surface area contributed by atoms with Crippen molar-refractivity contribution in [1.82, 2.24) is 4.98 Å². The third-order valence-electron chi connectivity index (χ3n) is 1.65. The Hall–Kier alpha value is -0.600. The van der Waals surface area contributed by atoms with Crippen LogP contribution in [0.4, 0.5) is 8.78 Å². The van der Waals surface area contributed by atoms with E-state index in [0.717, 1.165) is 0 Å². The van der Waals surface area contributed by atoms with Gasteiger partial charge >= 0.3 is 0 Å². The average molecular weight is 301 g/mol. The third kappa shape index (κ3) is 2.70. The number of pyridine rings is 1. The summed E-state index contributed by atoms with van der Waals surface area (Å²) in [5, 5.41) is 4.23. The van der Waals surface area contributed by atoms with Crippen LogP contribution in [0.5, 0.6) is 0 Å². The first-order valence-electron chi connectivity index (χ1n) is 3.71. The SMILES string of the molecule is Cc1cc(Br)c(S(N)(=O)=O)nc1C(F)F. The first-order valence-corrected chi connectivity index (χ1v) is 6.05. The Bertz CT molecular complexity index is 490. The van der Waals surface area contributed by atoms with Gasteiger partial charge in [0.05, 0.1) is 4.47 Å². The van der Waals surface area contributed by atoms with Crippen LogP contribution in [0.15, 0.2) is 15.6 Å². The zero-order chi connectivity index (χ0) is 11.8. The van der Waals surface area contributed by atoms with Gasteiger partial charge in [-0.25, -0.2) is 27.3 Å². The molecule has 15 heavy (non-hydrogen) atoms. The summed E-state index contributed by atoms with van der Waals surface area (Å²) >= 11 is 2.90. The van der Waals surface area contributed by atoms with Crippen molar-refractivity contribution in [3.63, 3.8) is 0 Å². The van der Waals surface area contributed by atoms with Gasteiger partial charge in [-0.3, -0.25) is 0 Å². The molecular formula is C7H7BrF2N2O2S. The highest BCUT2D eigenvalue weighted by molar-refractivity contribution is 9.10. The Kier molecular flexibility index (Phi) is 3.41. The molecule has 1 aromatic heterocycles. The van der Waals surface area contributed by atoms with E-state index in [1.54, 1.807) is 0 Å². The van der Waals surface area contributed by atoms with Gasteiger partial charge in [-0.2, -0.15) is 0 Å². The number of primary sulfonamides is 1. The molecule has 0 radical (unpaired) electrons. The average Bonchev–Trinajstić information content (AvgIpc) is 2.00. The minimum atomic E-state index is -4.10. The molecule has 0 amide bonds. The van der Waals surface area contributed by atoms with Gasteiger partial charge in [0, 0.05) is 0 Å². The highest BCUT2D eigenvalue weighted by atomic mass is 79.9. The molecule has 0 saturated carbocycles. The molecular weight excluding hydrogens is 294 g/mol. The van der Waals surface area contributed by atoms with Gasteiger partial charge < -0.3 is 0 Å². The van der Waals surface area contributed by atoms with E-state index in [2.05, 4.69) is 20.9 Å². The number of rotatable bonds is 2. The molecule has 0 aromatic carbocycles. The van der Waals surface area contributed by atoms with E-state index in [-0.39, 0.29) is 10.0 Å². The molecule has 2 N–H and O–H groups in total. The van der Waals surface area contributed by atoms with Crippen LogP contribution in [0.2, 0.25) is 0 Å².